The van der Waals surface area contributed by atoms with Crippen molar-refractivity contribution < 1.29 is 9.59 Å². The van der Waals surface area contributed by atoms with Gasteiger partial charge in [0.1, 0.15) is 4.83 Å². The Morgan fingerprint density at radius 1 is 1.27 bits per heavy atom. The van der Waals surface area contributed by atoms with Gasteiger partial charge in [-0.2, -0.15) is 0 Å². The first-order valence-electron chi connectivity index (χ1n) is 9.26. The number of hydrogen-bond acceptors (Lipinski definition) is 6. The Kier molecular flexibility index (Phi) is 7.07. The van der Waals surface area contributed by atoms with E-state index in [0.717, 1.165) is 27.8 Å². The summed E-state index contributed by atoms with van der Waals surface area (Å²) in [5.41, 5.74) is 1.71. The molecule has 30 heavy (non-hydrogen) atoms. The molecule has 0 aliphatic carbocycles. The number of hydrogen-bond donors (Lipinski definition) is 2. The molecule has 9 heteroatoms. The lowest BCUT2D eigenvalue weighted by Crippen LogP contribution is -2.40. The third-order valence-corrected chi connectivity index (χ3v) is 6.52. The minimum Gasteiger partial charge on any atom is -0.334 e. The molecule has 1 aromatic carbocycles. The Balaban J connectivity index is 1.66. The van der Waals surface area contributed by atoms with E-state index in [2.05, 4.69) is 22.2 Å². The van der Waals surface area contributed by atoms with Crippen LogP contribution in [0.4, 0.5) is 4.79 Å². The van der Waals surface area contributed by atoms with Crippen LogP contribution in [0, 0.1) is 13.8 Å². The predicted molar refractivity (Wildman–Crippen MR) is 121 cm³/mol. The van der Waals surface area contributed by atoms with Crippen LogP contribution in [0.2, 0.25) is 0 Å². The van der Waals surface area contributed by atoms with Crippen molar-refractivity contribution in [1.29, 1.82) is 0 Å². The summed E-state index contributed by atoms with van der Waals surface area (Å²) in [5, 5.41) is 5.96. The SMILES string of the molecule is C=CCn1c(SCC(=O)NC(=O)NCc2ccccc2)nc2sc(C)c(C)c2c1=O. The Labute approximate surface area is 182 Å². The van der Waals surface area contributed by atoms with Gasteiger partial charge in [0.25, 0.3) is 5.56 Å². The van der Waals surface area contributed by atoms with Crippen molar-refractivity contribution in [1.82, 2.24) is 20.2 Å². The summed E-state index contributed by atoms with van der Waals surface area (Å²) in [4.78, 5) is 43.3. The molecule has 0 unspecified atom stereocenters. The lowest BCUT2D eigenvalue weighted by atomic mass is 10.2. The first kappa shape index (κ1) is 21.8. The smallest absolute Gasteiger partial charge is 0.321 e. The molecule has 3 aromatic rings. The second kappa shape index (κ2) is 9.73. The molecule has 0 saturated carbocycles. The molecule has 7 nitrogen and oxygen atoms in total. The van der Waals surface area contributed by atoms with E-state index < -0.39 is 11.9 Å². The first-order valence-corrected chi connectivity index (χ1v) is 11.1. The second-order valence-corrected chi connectivity index (χ2v) is 8.71. The van der Waals surface area contributed by atoms with E-state index in [4.69, 9.17) is 0 Å². The average molecular weight is 443 g/mol. The van der Waals surface area contributed by atoms with Crippen LogP contribution in [0.1, 0.15) is 16.0 Å². The number of imide groups is 1. The van der Waals surface area contributed by atoms with E-state index in [-0.39, 0.29) is 17.9 Å². The van der Waals surface area contributed by atoms with Gasteiger partial charge in [0.05, 0.1) is 11.1 Å². The lowest BCUT2D eigenvalue weighted by molar-refractivity contribution is -0.117. The molecule has 0 radical (unpaired) electrons. The van der Waals surface area contributed by atoms with Crippen molar-refractivity contribution in [3.8, 4) is 0 Å². The Bertz CT molecular complexity index is 1150. The van der Waals surface area contributed by atoms with Gasteiger partial charge >= 0.3 is 6.03 Å². The largest absolute Gasteiger partial charge is 0.334 e. The molecule has 0 saturated heterocycles. The number of nitrogens with one attached hydrogen (secondary N) is 2. The van der Waals surface area contributed by atoms with Gasteiger partial charge in [-0.25, -0.2) is 9.78 Å². The number of thioether (sulfide) groups is 1. The van der Waals surface area contributed by atoms with Crippen molar-refractivity contribution in [2.75, 3.05) is 5.75 Å². The zero-order valence-corrected chi connectivity index (χ0v) is 18.4. The Morgan fingerprint density at radius 2 is 2.00 bits per heavy atom. The van der Waals surface area contributed by atoms with Gasteiger partial charge in [-0.05, 0) is 25.0 Å². The second-order valence-electron chi connectivity index (χ2n) is 6.57. The van der Waals surface area contributed by atoms with Gasteiger partial charge in [0.2, 0.25) is 5.91 Å². The maximum absolute atomic E-state index is 12.9. The molecule has 156 valence electrons. The zero-order valence-electron chi connectivity index (χ0n) is 16.7. The van der Waals surface area contributed by atoms with Gasteiger partial charge in [-0.1, -0.05) is 48.2 Å². The molecule has 0 fully saturated rings. The normalized spacial score (nSPS) is 10.7. The van der Waals surface area contributed by atoms with Gasteiger partial charge in [0.15, 0.2) is 5.16 Å². The highest BCUT2D eigenvalue weighted by Crippen LogP contribution is 2.28. The van der Waals surface area contributed by atoms with E-state index in [1.165, 1.54) is 15.9 Å². The predicted octanol–water partition coefficient (Wildman–Crippen LogP) is 3.38. The number of carbonyl (C=O) groups is 2. The fourth-order valence-electron chi connectivity index (χ4n) is 2.82. The molecule has 3 rings (SSSR count). The van der Waals surface area contributed by atoms with Crippen LogP contribution < -0.4 is 16.2 Å². The van der Waals surface area contributed by atoms with Crippen molar-refractivity contribution >= 4 is 45.3 Å². The minimum atomic E-state index is -0.569. The van der Waals surface area contributed by atoms with Crippen LogP contribution in [0.25, 0.3) is 10.2 Å². The van der Waals surface area contributed by atoms with E-state index in [1.807, 2.05) is 44.2 Å². The number of urea groups is 1. The van der Waals surface area contributed by atoms with Gasteiger partial charge in [0, 0.05) is 18.0 Å². The summed E-state index contributed by atoms with van der Waals surface area (Å²) in [6, 6.07) is 8.83. The van der Waals surface area contributed by atoms with Crippen LogP contribution in [-0.2, 0) is 17.9 Å². The lowest BCUT2D eigenvalue weighted by Gasteiger charge is -2.10. The molecule has 0 aliphatic rings. The number of amides is 3. The number of nitrogens with zero attached hydrogens (tertiary/aromatic N) is 2. The molecule has 2 aromatic heterocycles. The van der Waals surface area contributed by atoms with Crippen LogP contribution in [-0.4, -0.2) is 27.2 Å². The number of benzene rings is 1. The van der Waals surface area contributed by atoms with Gasteiger partial charge < -0.3 is 5.32 Å². The number of fused-ring (bicyclic) bond motifs is 1. The molecule has 0 bridgehead atoms. The van der Waals surface area contributed by atoms with Crippen molar-refractivity contribution in [2.45, 2.75) is 32.1 Å². The number of allylic oxidation sites excluding steroid dienone is 1. The van der Waals surface area contributed by atoms with Crippen LogP contribution in [0.15, 0.2) is 52.9 Å². The summed E-state index contributed by atoms with van der Waals surface area (Å²) in [7, 11) is 0. The first-order chi connectivity index (χ1) is 14.4. The summed E-state index contributed by atoms with van der Waals surface area (Å²) in [5.74, 6) is -0.513. The number of aromatic nitrogens is 2. The molecule has 2 N–H and O–H groups in total. The van der Waals surface area contributed by atoms with E-state index in [9.17, 15) is 14.4 Å². The van der Waals surface area contributed by atoms with Crippen LogP contribution >= 0.6 is 23.1 Å². The number of rotatable bonds is 7. The van der Waals surface area contributed by atoms with Gasteiger partial charge in [-0.15, -0.1) is 17.9 Å². The standard InChI is InChI=1S/C21H22N4O3S2/c1-4-10-25-19(27)17-13(2)14(3)30-18(17)24-21(25)29-12-16(26)23-20(28)22-11-15-8-6-5-7-9-15/h4-9H,1,10-12H2,2-3H3,(H2,22,23,26,28). The Morgan fingerprint density at radius 3 is 2.70 bits per heavy atom. The molecule has 0 spiro atoms. The van der Waals surface area contributed by atoms with Crippen molar-refractivity contribution in [3.63, 3.8) is 0 Å². The van der Waals surface area contributed by atoms with Crippen LogP contribution in [0.3, 0.4) is 0 Å². The summed E-state index contributed by atoms with van der Waals surface area (Å²) < 4.78 is 1.50. The topological polar surface area (TPSA) is 93.1 Å². The highest BCUT2D eigenvalue weighted by atomic mass is 32.2. The minimum absolute atomic E-state index is 0.0445. The molecule has 2 heterocycles. The number of aryl methyl sites for hydroxylation is 2. The zero-order chi connectivity index (χ0) is 21.7. The van der Waals surface area contributed by atoms with Crippen molar-refractivity contribution in [2.24, 2.45) is 0 Å². The van der Waals surface area contributed by atoms with E-state index >= 15 is 0 Å². The van der Waals surface area contributed by atoms with E-state index in [1.54, 1.807) is 6.08 Å². The summed E-state index contributed by atoms with van der Waals surface area (Å²) in [6.07, 6.45) is 1.62. The Hall–Kier alpha value is -2.91. The average Bonchev–Trinajstić information content (AvgIpc) is 3.02. The number of thiophene rings is 1. The fourth-order valence-corrected chi connectivity index (χ4v) is 4.70. The molecular formula is C21H22N4O3S2. The summed E-state index contributed by atoms with van der Waals surface area (Å²) in [6.45, 7) is 8.17. The molecule has 0 aliphatic heterocycles. The fraction of sp³-hybridized carbons (Fsp3) is 0.238. The maximum Gasteiger partial charge on any atom is 0.321 e. The van der Waals surface area contributed by atoms with Crippen LogP contribution in [0.5, 0.6) is 0 Å². The maximum atomic E-state index is 12.9. The monoisotopic (exact) mass is 442 g/mol. The van der Waals surface area contributed by atoms with Gasteiger partial charge in [-0.3, -0.25) is 19.5 Å². The highest BCUT2D eigenvalue weighted by molar-refractivity contribution is 7.99. The van der Waals surface area contributed by atoms with E-state index in [0.29, 0.717) is 21.9 Å². The highest BCUT2D eigenvalue weighted by Gasteiger charge is 2.17. The number of carbonyl (C=O) groups excluding carboxylic acids is 2. The molecular weight excluding hydrogens is 420 g/mol. The third kappa shape index (κ3) is 4.98. The van der Waals surface area contributed by atoms with Crippen molar-refractivity contribution in [3.05, 3.63) is 69.3 Å². The molecule has 0 atom stereocenters. The third-order valence-electron chi connectivity index (χ3n) is 4.45. The summed E-state index contributed by atoms with van der Waals surface area (Å²) >= 11 is 2.57. The molecule has 3 amide bonds. The quantitative estimate of drug-likeness (QED) is 0.332.